The smallest absolute Gasteiger partial charge is 0.448 e. The maximum atomic E-state index is 12.4. The number of oxazole rings is 1. The number of nitrogens with zero attached hydrogens (tertiary/aromatic N) is 2. The number of likely N-dealkylation sites (tertiary alicyclic amines) is 1. The van der Waals surface area contributed by atoms with Crippen LogP contribution in [0.15, 0.2) is 29.0 Å². The summed E-state index contributed by atoms with van der Waals surface area (Å²) < 4.78 is 5.26. The Hall–Kier alpha value is -2.49. The van der Waals surface area contributed by atoms with E-state index in [9.17, 15) is 24.7 Å². The molecule has 8 nitrogen and oxygen atoms in total. The number of carbonyl (C=O) groups is 2. The lowest BCUT2D eigenvalue weighted by Crippen LogP contribution is -2.48. The highest BCUT2D eigenvalue weighted by molar-refractivity contribution is 6.60. The summed E-state index contributed by atoms with van der Waals surface area (Å²) in [5, 5.41) is 27.6. The number of benzene rings is 1. The van der Waals surface area contributed by atoms with Crippen LogP contribution in [0.5, 0.6) is 0 Å². The van der Waals surface area contributed by atoms with Crippen LogP contribution in [0.1, 0.15) is 38.1 Å². The van der Waals surface area contributed by atoms with Gasteiger partial charge >= 0.3 is 7.12 Å². The van der Waals surface area contributed by atoms with E-state index in [-0.39, 0.29) is 29.5 Å². The second-order valence-electron chi connectivity index (χ2n) is 5.56. The molecule has 0 spiro atoms. The summed E-state index contributed by atoms with van der Waals surface area (Å²) in [4.78, 5) is 29.0. The van der Waals surface area contributed by atoms with Gasteiger partial charge in [0.2, 0.25) is 0 Å². The summed E-state index contributed by atoms with van der Waals surface area (Å²) in [5.41, 5.74) is 0.875. The van der Waals surface area contributed by atoms with Gasteiger partial charge in [-0.2, -0.15) is 0 Å². The van der Waals surface area contributed by atoms with Crippen molar-refractivity contribution in [2.45, 2.75) is 12.5 Å². The van der Waals surface area contributed by atoms with E-state index in [1.54, 1.807) is 4.90 Å². The van der Waals surface area contributed by atoms with Gasteiger partial charge < -0.3 is 24.5 Å². The van der Waals surface area contributed by atoms with E-state index in [1.165, 1.54) is 24.6 Å². The number of aliphatic hydroxyl groups is 1. The van der Waals surface area contributed by atoms with Crippen LogP contribution in [0.2, 0.25) is 0 Å². The van der Waals surface area contributed by atoms with Gasteiger partial charge in [-0.15, -0.1) is 0 Å². The molecule has 1 aromatic carbocycles. The van der Waals surface area contributed by atoms with Gasteiger partial charge in [0.1, 0.15) is 17.7 Å². The lowest BCUT2D eigenvalue weighted by molar-refractivity contribution is 0.0579. The molecule has 1 amide bonds. The van der Waals surface area contributed by atoms with Crippen LogP contribution in [-0.2, 0) is 6.61 Å². The second kappa shape index (κ2) is 6.56. The van der Waals surface area contributed by atoms with Gasteiger partial charge in [0.25, 0.3) is 5.91 Å². The largest absolute Gasteiger partial charge is 0.489 e. The molecule has 0 atom stereocenters. The van der Waals surface area contributed by atoms with Crippen LogP contribution in [0.4, 0.5) is 0 Å². The fourth-order valence-electron chi connectivity index (χ4n) is 2.77. The van der Waals surface area contributed by atoms with Crippen molar-refractivity contribution >= 4 is 24.8 Å². The molecule has 1 aromatic heterocycles. The van der Waals surface area contributed by atoms with E-state index in [2.05, 4.69) is 4.98 Å². The molecule has 124 valence electrons. The molecule has 0 unspecified atom stereocenters. The summed E-state index contributed by atoms with van der Waals surface area (Å²) in [5.74, 6) is 0.287. The molecule has 1 saturated heterocycles. The van der Waals surface area contributed by atoms with Crippen molar-refractivity contribution in [1.82, 2.24) is 9.88 Å². The van der Waals surface area contributed by atoms with Crippen molar-refractivity contribution < 1.29 is 29.2 Å². The summed E-state index contributed by atoms with van der Waals surface area (Å²) in [6.45, 7) is 0.619. The Morgan fingerprint density at radius 1 is 1.42 bits per heavy atom. The number of aliphatic hydroxyl groups excluding tert-OH is 1. The van der Waals surface area contributed by atoms with Crippen molar-refractivity contribution in [3.63, 3.8) is 0 Å². The lowest BCUT2D eigenvalue weighted by atomic mass is 9.76. The van der Waals surface area contributed by atoms with E-state index in [4.69, 9.17) is 4.42 Å². The number of hydrogen-bond donors (Lipinski definition) is 3. The molecule has 24 heavy (non-hydrogen) atoms. The molecule has 3 rings (SSSR count). The van der Waals surface area contributed by atoms with Crippen LogP contribution in [0.3, 0.4) is 0 Å². The Bertz CT molecular complexity index is 769. The third-order valence-electron chi connectivity index (χ3n) is 4.10. The predicted octanol–water partition coefficient (Wildman–Crippen LogP) is -1.10. The quantitative estimate of drug-likeness (QED) is 0.469. The molecule has 0 radical (unpaired) electrons. The van der Waals surface area contributed by atoms with Crippen molar-refractivity contribution in [1.29, 1.82) is 0 Å². The van der Waals surface area contributed by atoms with Gasteiger partial charge in [-0.1, -0.05) is 6.07 Å². The summed E-state index contributed by atoms with van der Waals surface area (Å²) >= 11 is 0. The number of aldehydes is 1. The molecule has 2 aromatic rings. The van der Waals surface area contributed by atoms with Gasteiger partial charge in [-0.3, -0.25) is 9.59 Å². The van der Waals surface area contributed by atoms with E-state index >= 15 is 0 Å². The zero-order valence-electron chi connectivity index (χ0n) is 12.6. The van der Waals surface area contributed by atoms with Crippen LogP contribution >= 0.6 is 0 Å². The number of rotatable bonds is 5. The first-order chi connectivity index (χ1) is 11.5. The summed E-state index contributed by atoms with van der Waals surface area (Å²) in [7, 11) is -1.77. The average Bonchev–Trinajstić information content (AvgIpc) is 3.00. The number of carbonyl (C=O) groups excluding carboxylic acids is 2. The standard InChI is InChI=1S/C15H15BN2O6/c19-6-10-3-9(1-2-12(10)16(22)23)15(21)18-4-11(5-18)14-13(7-20)17-8-24-14/h1-3,6,8,11,20,22-23H,4-5,7H2. The fraction of sp³-hybridized carbons (Fsp3) is 0.267. The fourth-order valence-corrected chi connectivity index (χ4v) is 2.77. The van der Waals surface area contributed by atoms with Crippen molar-refractivity contribution in [3.05, 3.63) is 47.2 Å². The van der Waals surface area contributed by atoms with Crippen LogP contribution in [-0.4, -0.2) is 57.4 Å². The minimum atomic E-state index is -1.77. The summed E-state index contributed by atoms with van der Waals surface area (Å²) in [6.07, 6.45) is 1.74. The molecule has 1 aliphatic rings. The number of hydrogen-bond acceptors (Lipinski definition) is 7. The molecule has 1 aliphatic heterocycles. The Morgan fingerprint density at radius 2 is 2.17 bits per heavy atom. The van der Waals surface area contributed by atoms with Gasteiger partial charge in [0.15, 0.2) is 6.39 Å². The Labute approximate surface area is 137 Å². The first kappa shape index (κ1) is 16.4. The number of aromatic nitrogens is 1. The van der Waals surface area contributed by atoms with E-state index in [0.29, 0.717) is 36.4 Å². The van der Waals surface area contributed by atoms with E-state index in [1.807, 2.05) is 0 Å². The van der Waals surface area contributed by atoms with Crippen LogP contribution < -0.4 is 5.46 Å². The van der Waals surface area contributed by atoms with Crippen molar-refractivity contribution in [3.8, 4) is 0 Å². The van der Waals surface area contributed by atoms with Gasteiger partial charge in [0, 0.05) is 24.2 Å². The predicted molar refractivity (Wildman–Crippen MR) is 82.7 cm³/mol. The van der Waals surface area contributed by atoms with Gasteiger partial charge in [-0.05, 0) is 17.6 Å². The SMILES string of the molecule is O=Cc1cc(C(=O)N2CC(c3ocnc3CO)C2)ccc1B(O)O. The molecule has 9 heteroatoms. The molecular formula is C15H15BN2O6. The highest BCUT2D eigenvalue weighted by Gasteiger charge is 2.36. The topological polar surface area (TPSA) is 124 Å². The zero-order chi connectivity index (χ0) is 17.3. The molecule has 3 N–H and O–H groups in total. The third kappa shape index (κ3) is 2.84. The molecule has 1 fully saturated rings. The molecule has 0 bridgehead atoms. The first-order valence-electron chi connectivity index (χ1n) is 7.32. The van der Waals surface area contributed by atoms with E-state index < -0.39 is 7.12 Å². The van der Waals surface area contributed by atoms with E-state index in [0.717, 1.165) is 0 Å². The number of amides is 1. The monoisotopic (exact) mass is 330 g/mol. The Balaban J connectivity index is 1.72. The Morgan fingerprint density at radius 3 is 2.79 bits per heavy atom. The Kier molecular flexibility index (Phi) is 4.47. The molecular weight excluding hydrogens is 315 g/mol. The normalized spacial score (nSPS) is 14.4. The minimum Gasteiger partial charge on any atom is -0.448 e. The molecule has 0 aliphatic carbocycles. The molecule has 0 saturated carbocycles. The minimum absolute atomic E-state index is 0.0253. The van der Waals surface area contributed by atoms with Crippen molar-refractivity contribution in [2.24, 2.45) is 0 Å². The summed E-state index contributed by atoms with van der Waals surface area (Å²) in [6, 6.07) is 4.13. The second-order valence-corrected chi connectivity index (χ2v) is 5.56. The zero-order valence-corrected chi connectivity index (χ0v) is 12.6. The van der Waals surface area contributed by atoms with Crippen LogP contribution in [0, 0.1) is 0 Å². The molecule has 2 heterocycles. The average molecular weight is 330 g/mol. The first-order valence-corrected chi connectivity index (χ1v) is 7.32. The maximum Gasteiger partial charge on any atom is 0.489 e. The third-order valence-corrected chi connectivity index (χ3v) is 4.10. The van der Waals surface area contributed by atoms with Crippen molar-refractivity contribution in [2.75, 3.05) is 13.1 Å². The highest BCUT2D eigenvalue weighted by atomic mass is 16.4. The maximum absolute atomic E-state index is 12.4. The van der Waals surface area contributed by atoms with Crippen LogP contribution in [0.25, 0.3) is 0 Å². The van der Waals surface area contributed by atoms with Gasteiger partial charge in [-0.25, -0.2) is 4.98 Å². The lowest BCUT2D eigenvalue weighted by Gasteiger charge is -2.38. The highest BCUT2D eigenvalue weighted by Crippen LogP contribution is 2.30. The van der Waals surface area contributed by atoms with Gasteiger partial charge in [0.05, 0.1) is 12.5 Å².